The highest BCUT2D eigenvalue weighted by Crippen LogP contribution is 2.27. The van der Waals surface area contributed by atoms with E-state index < -0.39 is 11.9 Å². The topological polar surface area (TPSA) is 78.1 Å². The van der Waals surface area contributed by atoms with Gasteiger partial charge in [0.2, 0.25) is 5.91 Å². The highest BCUT2D eigenvalue weighted by molar-refractivity contribution is 6.00. The number of hydrogen-bond acceptors (Lipinski definition) is 3. The highest BCUT2D eigenvalue weighted by Gasteiger charge is 2.36. The summed E-state index contributed by atoms with van der Waals surface area (Å²) < 4.78 is 14.2. The van der Waals surface area contributed by atoms with E-state index in [1.807, 2.05) is 0 Å². The van der Waals surface area contributed by atoms with Crippen molar-refractivity contribution in [3.05, 3.63) is 65.7 Å². The Balaban J connectivity index is 1.74. The molecule has 25 heavy (non-hydrogen) atoms. The zero-order valence-corrected chi connectivity index (χ0v) is 13.2. The summed E-state index contributed by atoms with van der Waals surface area (Å²) in [6.07, 6.45) is 1.55. The summed E-state index contributed by atoms with van der Waals surface area (Å²) in [4.78, 5) is 33.9. The van der Waals surface area contributed by atoms with Crippen LogP contribution in [0.2, 0.25) is 0 Å². The number of amides is 2. The lowest BCUT2D eigenvalue weighted by Gasteiger charge is -2.35. The predicted octanol–water partition coefficient (Wildman–Crippen LogP) is 2.02. The highest BCUT2D eigenvalue weighted by atomic mass is 19.1. The molecule has 126 valence electrons. The SMILES string of the molecule is O=C1NCCN(C(=O)c2ccc3nc[nH]c3c2)[C@H]1c1ccccc1F. The van der Waals surface area contributed by atoms with Gasteiger partial charge in [0.15, 0.2) is 0 Å². The van der Waals surface area contributed by atoms with Crippen LogP contribution in [0.1, 0.15) is 22.0 Å². The van der Waals surface area contributed by atoms with Gasteiger partial charge in [-0.15, -0.1) is 0 Å². The Morgan fingerprint density at radius 3 is 2.92 bits per heavy atom. The third-order valence-electron chi connectivity index (χ3n) is 4.34. The van der Waals surface area contributed by atoms with Gasteiger partial charge in [0, 0.05) is 24.2 Å². The molecular formula is C18H15FN4O2. The number of nitrogens with one attached hydrogen (secondary N) is 2. The predicted molar refractivity (Wildman–Crippen MR) is 89.3 cm³/mol. The molecule has 1 fully saturated rings. The van der Waals surface area contributed by atoms with Gasteiger partial charge in [-0.05, 0) is 24.3 Å². The molecule has 1 aromatic heterocycles. The van der Waals surface area contributed by atoms with Crippen LogP contribution in [0, 0.1) is 5.82 Å². The van der Waals surface area contributed by atoms with Crippen LogP contribution in [-0.4, -0.2) is 39.8 Å². The number of carbonyl (C=O) groups is 2. The second kappa shape index (κ2) is 6.01. The van der Waals surface area contributed by atoms with E-state index in [1.165, 1.54) is 17.0 Å². The van der Waals surface area contributed by atoms with Crippen LogP contribution in [0.4, 0.5) is 4.39 Å². The molecule has 3 aromatic rings. The summed E-state index contributed by atoms with van der Waals surface area (Å²) in [5.74, 6) is -1.21. The van der Waals surface area contributed by atoms with Crippen LogP contribution in [0.25, 0.3) is 11.0 Å². The summed E-state index contributed by atoms with van der Waals surface area (Å²) in [7, 11) is 0. The Kier molecular flexibility index (Phi) is 3.68. The smallest absolute Gasteiger partial charge is 0.254 e. The molecule has 2 heterocycles. The standard InChI is InChI=1S/C18H15FN4O2/c19-13-4-2-1-3-12(13)16-17(24)20-7-8-23(16)18(25)11-5-6-14-15(9-11)22-10-21-14/h1-6,9-10,16H,7-8H2,(H,20,24)(H,21,22)/t16-/m0/s1. The van der Waals surface area contributed by atoms with Gasteiger partial charge >= 0.3 is 0 Å². The molecule has 2 amide bonds. The van der Waals surface area contributed by atoms with E-state index in [9.17, 15) is 14.0 Å². The van der Waals surface area contributed by atoms with Crippen molar-refractivity contribution < 1.29 is 14.0 Å². The number of hydrogen-bond donors (Lipinski definition) is 2. The number of imidazole rings is 1. The van der Waals surface area contributed by atoms with Gasteiger partial charge in [-0.25, -0.2) is 9.37 Å². The minimum atomic E-state index is -0.986. The fourth-order valence-electron chi connectivity index (χ4n) is 3.13. The molecule has 0 unspecified atom stereocenters. The minimum absolute atomic E-state index is 0.190. The van der Waals surface area contributed by atoms with Crippen LogP contribution < -0.4 is 5.32 Å². The first-order valence-corrected chi connectivity index (χ1v) is 7.91. The first kappa shape index (κ1) is 15.3. The Hall–Kier alpha value is -3.22. The average Bonchev–Trinajstić information content (AvgIpc) is 3.09. The number of aromatic amines is 1. The third-order valence-corrected chi connectivity index (χ3v) is 4.34. The molecule has 0 saturated carbocycles. The maximum absolute atomic E-state index is 14.2. The van der Waals surface area contributed by atoms with Crippen molar-refractivity contribution in [3.63, 3.8) is 0 Å². The Labute approximate surface area is 142 Å². The molecule has 2 aromatic carbocycles. The lowest BCUT2D eigenvalue weighted by molar-refractivity contribution is -0.128. The van der Waals surface area contributed by atoms with Gasteiger partial charge < -0.3 is 15.2 Å². The van der Waals surface area contributed by atoms with Crippen molar-refractivity contribution in [3.8, 4) is 0 Å². The van der Waals surface area contributed by atoms with Crippen molar-refractivity contribution in [1.82, 2.24) is 20.2 Å². The number of carbonyl (C=O) groups excluding carboxylic acids is 2. The summed E-state index contributed by atoms with van der Waals surface area (Å²) >= 11 is 0. The van der Waals surface area contributed by atoms with Crippen LogP contribution in [0.15, 0.2) is 48.8 Å². The Morgan fingerprint density at radius 1 is 1.24 bits per heavy atom. The van der Waals surface area contributed by atoms with Gasteiger partial charge in [-0.2, -0.15) is 0 Å². The summed E-state index contributed by atoms with van der Waals surface area (Å²) in [6.45, 7) is 0.645. The first-order chi connectivity index (χ1) is 12.1. The maximum Gasteiger partial charge on any atom is 0.254 e. The van der Waals surface area contributed by atoms with Crippen molar-refractivity contribution in [2.24, 2.45) is 0 Å². The first-order valence-electron chi connectivity index (χ1n) is 7.91. The molecule has 2 N–H and O–H groups in total. The second-order valence-corrected chi connectivity index (χ2v) is 5.85. The van der Waals surface area contributed by atoms with E-state index >= 15 is 0 Å². The van der Waals surface area contributed by atoms with Gasteiger partial charge in [-0.3, -0.25) is 9.59 Å². The summed E-state index contributed by atoms with van der Waals surface area (Å²) in [5, 5.41) is 2.70. The molecule has 0 spiro atoms. The zero-order chi connectivity index (χ0) is 17.4. The Morgan fingerprint density at radius 2 is 2.08 bits per heavy atom. The van der Waals surface area contributed by atoms with Gasteiger partial charge in [0.25, 0.3) is 5.91 Å². The van der Waals surface area contributed by atoms with E-state index in [0.29, 0.717) is 18.7 Å². The monoisotopic (exact) mass is 338 g/mol. The van der Waals surface area contributed by atoms with E-state index in [4.69, 9.17) is 0 Å². The van der Waals surface area contributed by atoms with Gasteiger partial charge in [0.05, 0.1) is 17.4 Å². The lowest BCUT2D eigenvalue weighted by atomic mass is 10.0. The number of H-pyrrole nitrogens is 1. The largest absolute Gasteiger partial charge is 0.352 e. The maximum atomic E-state index is 14.2. The molecule has 1 saturated heterocycles. The van der Waals surface area contributed by atoms with Crippen LogP contribution in [-0.2, 0) is 4.79 Å². The van der Waals surface area contributed by atoms with E-state index in [0.717, 1.165) is 11.0 Å². The van der Waals surface area contributed by atoms with Crippen molar-refractivity contribution >= 4 is 22.8 Å². The third kappa shape index (κ3) is 2.63. The van der Waals surface area contributed by atoms with Gasteiger partial charge in [-0.1, -0.05) is 18.2 Å². The zero-order valence-electron chi connectivity index (χ0n) is 13.2. The molecule has 1 atom stereocenters. The number of piperazine rings is 1. The number of rotatable bonds is 2. The summed E-state index contributed by atoms with van der Waals surface area (Å²) in [5.41, 5.74) is 2.09. The number of halogens is 1. The fraction of sp³-hybridized carbons (Fsp3) is 0.167. The lowest BCUT2D eigenvalue weighted by Crippen LogP contribution is -2.52. The number of benzene rings is 2. The molecule has 0 aliphatic carbocycles. The van der Waals surface area contributed by atoms with Crippen molar-refractivity contribution in [2.45, 2.75) is 6.04 Å². The quantitative estimate of drug-likeness (QED) is 0.750. The van der Waals surface area contributed by atoms with Crippen LogP contribution >= 0.6 is 0 Å². The number of nitrogens with zero attached hydrogens (tertiary/aromatic N) is 2. The van der Waals surface area contributed by atoms with Crippen molar-refractivity contribution in [2.75, 3.05) is 13.1 Å². The molecular weight excluding hydrogens is 323 g/mol. The van der Waals surface area contributed by atoms with E-state index in [2.05, 4.69) is 15.3 Å². The molecule has 1 aliphatic heterocycles. The van der Waals surface area contributed by atoms with E-state index in [-0.39, 0.29) is 17.4 Å². The van der Waals surface area contributed by atoms with Crippen LogP contribution in [0.5, 0.6) is 0 Å². The molecule has 0 radical (unpaired) electrons. The molecule has 1 aliphatic rings. The van der Waals surface area contributed by atoms with E-state index in [1.54, 1.807) is 36.7 Å². The number of fused-ring (bicyclic) bond motifs is 1. The molecule has 4 rings (SSSR count). The van der Waals surface area contributed by atoms with Crippen LogP contribution in [0.3, 0.4) is 0 Å². The molecule has 7 heteroatoms. The minimum Gasteiger partial charge on any atom is -0.352 e. The van der Waals surface area contributed by atoms with Gasteiger partial charge in [0.1, 0.15) is 11.9 Å². The average molecular weight is 338 g/mol. The number of aromatic nitrogens is 2. The van der Waals surface area contributed by atoms with Crippen molar-refractivity contribution in [1.29, 1.82) is 0 Å². The molecule has 0 bridgehead atoms. The summed E-state index contributed by atoms with van der Waals surface area (Å²) in [6, 6.07) is 10.1. The second-order valence-electron chi connectivity index (χ2n) is 5.85. The molecule has 6 nitrogen and oxygen atoms in total. The fourth-order valence-corrected chi connectivity index (χ4v) is 3.13. The Bertz CT molecular complexity index is 968. The normalized spacial score (nSPS) is 17.6.